The highest BCUT2D eigenvalue weighted by molar-refractivity contribution is 9.11. The van der Waals surface area contributed by atoms with Crippen LogP contribution in [0.4, 0.5) is 4.79 Å². The van der Waals surface area contributed by atoms with E-state index < -0.39 is 5.60 Å². The van der Waals surface area contributed by atoms with Crippen molar-refractivity contribution in [1.82, 2.24) is 15.2 Å². The van der Waals surface area contributed by atoms with Gasteiger partial charge in [0.15, 0.2) is 0 Å². The highest BCUT2D eigenvalue weighted by atomic mass is 79.9. The zero-order chi connectivity index (χ0) is 16.2. The van der Waals surface area contributed by atoms with Crippen LogP contribution in [-0.2, 0) is 11.3 Å². The largest absolute Gasteiger partial charge is 0.444 e. The van der Waals surface area contributed by atoms with Gasteiger partial charge >= 0.3 is 6.09 Å². The molecule has 2 heterocycles. The summed E-state index contributed by atoms with van der Waals surface area (Å²) in [6.07, 6.45) is 3.83. The van der Waals surface area contributed by atoms with Gasteiger partial charge < -0.3 is 10.1 Å². The number of rotatable bonds is 4. The summed E-state index contributed by atoms with van der Waals surface area (Å²) in [6.45, 7) is 9.28. The van der Waals surface area contributed by atoms with Gasteiger partial charge in [-0.25, -0.2) is 9.78 Å². The minimum Gasteiger partial charge on any atom is -0.444 e. The van der Waals surface area contributed by atoms with Gasteiger partial charge in [-0.3, -0.25) is 4.90 Å². The van der Waals surface area contributed by atoms with Crippen LogP contribution in [0, 0.1) is 5.92 Å². The number of piperidine rings is 1. The topological polar surface area (TPSA) is 54.5 Å². The Labute approximate surface area is 144 Å². The number of ether oxygens (including phenoxy) is 1. The van der Waals surface area contributed by atoms with Crippen molar-refractivity contribution < 1.29 is 9.53 Å². The standard InChI is InChI=1S/C15H24BrN3O2S/c1-15(2,3)21-14(20)18-7-11-5-4-6-19(9-11)10-13-17-8-12(16)22-13/h8,11H,4-7,9-10H2,1-3H3,(H,18,20). The Kier molecular flexibility index (Phi) is 6.23. The molecule has 1 saturated heterocycles. The minimum atomic E-state index is -0.444. The van der Waals surface area contributed by atoms with Gasteiger partial charge in [0, 0.05) is 13.1 Å². The number of likely N-dealkylation sites (tertiary alicyclic amines) is 1. The third kappa shape index (κ3) is 6.22. The van der Waals surface area contributed by atoms with Gasteiger partial charge in [0.1, 0.15) is 10.6 Å². The van der Waals surface area contributed by atoms with E-state index in [0.717, 1.165) is 41.3 Å². The second-order valence-electron chi connectivity index (χ2n) is 6.68. The fourth-order valence-electron chi connectivity index (χ4n) is 2.56. The normalized spacial score (nSPS) is 19.9. The molecular weight excluding hydrogens is 366 g/mol. The first-order chi connectivity index (χ1) is 10.3. The van der Waals surface area contributed by atoms with E-state index in [1.165, 1.54) is 0 Å². The first-order valence-electron chi connectivity index (χ1n) is 7.61. The number of carbonyl (C=O) groups excluding carboxylic acids is 1. The van der Waals surface area contributed by atoms with E-state index in [9.17, 15) is 4.79 Å². The number of hydrogen-bond acceptors (Lipinski definition) is 5. The van der Waals surface area contributed by atoms with Crippen LogP contribution in [0.5, 0.6) is 0 Å². The Balaban J connectivity index is 1.75. The monoisotopic (exact) mass is 389 g/mol. The second-order valence-corrected chi connectivity index (χ2v) is 9.18. The molecule has 1 N–H and O–H groups in total. The smallest absolute Gasteiger partial charge is 0.407 e. The van der Waals surface area contributed by atoms with Crippen LogP contribution in [0.15, 0.2) is 9.98 Å². The molecule has 1 aromatic rings. The van der Waals surface area contributed by atoms with Crippen LogP contribution in [0.3, 0.4) is 0 Å². The van der Waals surface area contributed by atoms with Crippen LogP contribution < -0.4 is 5.32 Å². The fourth-order valence-corrected chi connectivity index (χ4v) is 3.90. The molecule has 2 rings (SSSR count). The van der Waals surface area contributed by atoms with E-state index >= 15 is 0 Å². The van der Waals surface area contributed by atoms with Crippen molar-refractivity contribution in [3.05, 3.63) is 15.0 Å². The number of aromatic nitrogens is 1. The Morgan fingerprint density at radius 1 is 1.59 bits per heavy atom. The molecule has 0 spiro atoms. The molecule has 5 nitrogen and oxygen atoms in total. The van der Waals surface area contributed by atoms with Gasteiger partial charge in [0.25, 0.3) is 0 Å². The molecule has 1 atom stereocenters. The van der Waals surface area contributed by atoms with Gasteiger partial charge in [-0.05, 0) is 62.0 Å². The van der Waals surface area contributed by atoms with Crippen molar-refractivity contribution in [2.45, 2.75) is 45.8 Å². The van der Waals surface area contributed by atoms with E-state index in [1.807, 2.05) is 27.0 Å². The highest BCUT2D eigenvalue weighted by Crippen LogP contribution is 2.23. The summed E-state index contributed by atoms with van der Waals surface area (Å²) in [5, 5.41) is 4.02. The summed E-state index contributed by atoms with van der Waals surface area (Å²) < 4.78 is 6.35. The number of amides is 1. The number of hydrogen-bond donors (Lipinski definition) is 1. The molecule has 1 unspecified atom stereocenters. The van der Waals surface area contributed by atoms with Crippen LogP contribution in [-0.4, -0.2) is 41.2 Å². The molecule has 0 radical (unpaired) electrons. The van der Waals surface area contributed by atoms with Crippen molar-refractivity contribution in [1.29, 1.82) is 0 Å². The van der Waals surface area contributed by atoms with E-state index in [1.54, 1.807) is 11.3 Å². The maximum absolute atomic E-state index is 11.7. The summed E-state index contributed by atoms with van der Waals surface area (Å²) in [7, 11) is 0. The molecule has 1 fully saturated rings. The molecule has 1 amide bonds. The first kappa shape index (κ1) is 17.7. The highest BCUT2D eigenvalue weighted by Gasteiger charge is 2.22. The van der Waals surface area contributed by atoms with Crippen molar-refractivity contribution >= 4 is 33.4 Å². The summed E-state index contributed by atoms with van der Waals surface area (Å²) in [6, 6.07) is 0. The quantitative estimate of drug-likeness (QED) is 0.853. The summed E-state index contributed by atoms with van der Waals surface area (Å²) >= 11 is 5.13. The third-order valence-electron chi connectivity index (χ3n) is 3.42. The average molecular weight is 390 g/mol. The lowest BCUT2D eigenvalue weighted by Crippen LogP contribution is -2.41. The van der Waals surface area contributed by atoms with Gasteiger partial charge in [-0.15, -0.1) is 11.3 Å². The zero-order valence-electron chi connectivity index (χ0n) is 13.4. The second kappa shape index (κ2) is 7.75. The van der Waals surface area contributed by atoms with Gasteiger partial charge in [-0.2, -0.15) is 0 Å². The number of nitrogens with one attached hydrogen (secondary N) is 1. The Hall–Kier alpha value is -0.660. The van der Waals surface area contributed by atoms with Crippen molar-refractivity contribution in [3.63, 3.8) is 0 Å². The molecule has 22 heavy (non-hydrogen) atoms. The molecule has 0 aliphatic carbocycles. The number of thiazole rings is 1. The van der Waals surface area contributed by atoms with E-state index in [4.69, 9.17) is 4.74 Å². The predicted molar refractivity (Wildman–Crippen MR) is 92.1 cm³/mol. The number of carbonyl (C=O) groups is 1. The molecule has 0 aromatic carbocycles. The lowest BCUT2D eigenvalue weighted by Gasteiger charge is -2.32. The number of alkyl carbamates (subject to hydrolysis) is 1. The van der Waals surface area contributed by atoms with Gasteiger partial charge in [0.05, 0.1) is 16.5 Å². The lowest BCUT2D eigenvalue weighted by atomic mass is 9.98. The average Bonchev–Trinajstić information content (AvgIpc) is 2.80. The maximum Gasteiger partial charge on any atom is 0.407 e. The fraction of sp³-hybridized carbons (Fsp3) is 0.733. The first-order valence-corrected chi connectivity index (χ1v) is 9.22. The van der Waals surface area contributed by atoms with Crippen LogP contribution in [0.2, 0.25) is 0 Å². The SMILES string of the molecule is CC(C)(C)OC(=O)NCC1CCCN(Cc2ncc(Br)s2)C1. The number of nitrogens with zero attached hydrogens (tertiary/aromatic N) is 2. The molecule has 1 aliphatic heterocycles. The van der Waals surface area contributed by atoms with Crippen LogP contribution in [0.25, 0.3) is 0 Å². The Morgan fingerprint density at radius 3 is 3.00 bits per heavy atom. The number of halogens is 1. The third-order valence-corrected chi connectivity index (χ3v) is 4.88. The van der Waals surface area contributed by atoms with Crippen molar-refractivity contribution in [2.75, 3.05) is 19.6 Å². The van der Waals surface area contributed by atoms with Gasteiger partial charge in [0.2, 0.25) is 0 Å². The minimum absolute atomic E-state index is 0.325. The molecular formula is C15H24BrN3O2S. The summed E-state index contributed by atoms with van der Waals surface area (Å²) in [4.78, 5) is 18.5. The lowest BCUT2D eigenvalue weighted by molar-refractivity contribution is 0.0506. The molecule has 0 saturated carbocycles. The molecule has 7 heteroatoms. The molecule has 1 aromatic heterocycles. The van der Waals surface area contributed by atoms with Crippen LogP contribution in [0.1, 0.15) is 38.6 Å². The summed E-state index contributed by atoms with van der Waals surface area (Å²) in [5.41, 5.74) is -0.444. The molecule has 0 bridgehead atoms. The zero-order valence-corrected chi connectivity index (χ0v) is 15.8. The molecule has 1 aliphatic rings. The van der Waals surface area contributed by atoms with Crippen molar-refractivity contribution in [3.8, 4) is 0 Å². The van der Waals surface area contributed by atoms with E-state index in [0.29, 0.717) is 12.5 Å². The Bertz CT molecular complexity index is 501. The maximum atomic E-state index is 11.7. The molecule has 124 valence electrons. The van der Waals surface area contributed by atoms with E-state index in [-0.39, 0.29) is 6.09 Å². The predicted octanol–water partition coefficient (Wildman–Crippen LogP) is 3.64. The van der Waals surface area contributed by atoms with Gasteiger partial charge in [-0.1, -0.05) is 0 Å². The Morgan fingerprint density at radius 2 is 2.36 bits per heavy atom. The van der Waals surface area contributed by atoms with Crippen molar-refractivity contribution in [2.24, 2.45) is 5.92 Å². The van der Waals surface area contributed by atoms with Crippen LogP contribution >= 0.6 is 27.3 Å². The summed E-state index contributed by atoms with van der Waals surface area (Å²) in [5.74, 6) is 0.477. The van der Waals surface area contributed by atoms with E-state index in [2.05, 4.69) is 31.1 Å².